The fourth-order valence-electron chi connectivity index (χ4n) is 1.45. The van der Waals surface area contributed by atoms with E-state index in [9.17, 15) is 14.3 Å². The lowest BCUT2D eigenvalue weighted by molar-refractivity contribution is -0.255. The number of anilines is 1. The Labute approximate surface area is 88.1 Å². The van der Waals surface area contributed by atoms with Crippen molar-refractivity contribution < 1.29 is 14.3 Å². The standard InChI is InChI=1S/C11H14FNO2/c1-3-13(4-2)10-6-5-8(11(14)15)7-9(10)12/h5-7H,3-4H2,1-2H3,(H,14,15)/p-1. The van der Waals surface area contributed by atoms with Gasteiger partial charge in [0.1, 0.15) is 5.82 Å². The summed E-state index contributed by atoms with van der Waals surface area (Å²) in [5.74, 6) is -1.89. The summed E-state index contributed by atoms with van der Waals surface area (Å²) >= 11 is 0. The molecule has 0 heterocycles. The van der Waals surface area contributed by atoms with Crippen molar-refractivity contribution >= 4 is 11.7 Å². The van der Waals surface area contributed by atoms with Crippen molar-refractivity contribution in [2.45, 2.75) is 13.8 Å². The maximum atomic E-state index is 13.5. The van der Waals surface area contributed by atoms with Gasteiger partial charge in [-0.25, -0.2) is 4.39 Å². The minimum absolute atomic E-state index is 0.136. The van der Waals surface area contributed by atoms with Gasteiger partial charge in [-0.2, -0.15) is 0 Å². The van der Waals surface area contributed by atoms with E-state index in [0.717, 1.165) is 6.07 Å². The van der Waals surface area contributed by atoms with E-state index in [4.69, 9.17) is 0 Å². The van der Waals surface area contributed by atoms with E-state index in [1.807, 2.05) is 18.7 Å². The molecule has 15 heavy (non-hydrogen) atoms. The predicted octanol–water partition coefficient (Wildman–Crippen LogP) is 1.04. The summed E-state index contributed by atoms with van der Waals surface area (Å²) in [6, 6.07) is 3.81. The second-order valence-electron chi connectivity index (χ2n) is 3.13. The van der Waals surface area contributed by atoms with E-state index in [-0.39, 0.29) is 5.56 Å². The number of benzene rings is 1. The fraction of sp³-hybridized carbons (Fsp3) is 0.364. The third-order valence-electron chi connectivity index (χ3n) is 2.29. The highest BCUT2D eigenvalue weighted by Gasteiger charge is 2.08. The van der Waals surface area contributed by atoms with Gasteiger partial charge < -0.3 is 14.8 Å². The van der Waals surface area contributed by atoms with E-state index in [2.05, 4.69) is 0 Å². The smallest absolute Gasteiger partial charge is 0.147 e. The molecule has 0 aliphatic heterocycles. The van der Waals surface area contributed by atoms with Crippen LogP contribution in [0, 0.1) is 5.82 Å². The van der Waals surface area contributed by atoms with E-state index >= 15 is 0 Å². The van der Waals surface area contributed by atoms with Gasteiger partial charge in [0.25, 0.3) is 0 Å². The summed E-state index contributed by atoms with van der Waals surface area (Å²) in [6.45, 7) is 5.18. The van der Waals surface area contributed by atoms with Crippen molar-refractivity contribution in [1.29, 1.82) is 0 Å². The molecule has 0 atom stereocenters. The lowest BCUT2D eigenvalue weighted by Crippen LogP contribution is -2.25. The zero-order valence-corrected chi connectivity index (χ0v) is 8.79. The molecule has 1 aromatic carbocycles. The summed E-state index contributed by atoms with van der Waals surface area (Å²) in [7, 11) is 0. The molecule has 0 fully saturated rings. The Morgan fingerprint density at radius 3 is 2.40 bits per heavy atom. The number of nitrogens with zero attached hydrogens (tertiary/aromatic N) is 1. The third-order valence-corrected chi connectivity index (χ3v) is 2.29. The lowest BCUT2D eigenvalue weighted by atomic mass is 10.2. The molecular weight excluding hydrogens is 197 g/mol. The molecule has 4 heteroatoms. The average molecular weight is 210 g/mol. The SMILES string of the molecule is CCN(CC)c1ccc(C(=O)[O-])cc1F. The molecule has 0 saturated heterocycles. The molecular formula is C11H13FNO2-. The number of carboxylic acid groups (broad SMARTS) is 1. The quantitative estimate of drug-likeness (QED) is 0.745. The molecule has 0 amide bonds. The van der Waals surface area contributed by atoms with Crippen LogP contribution in [0.2, 0.25) is 0 Å². The van der Waals surface area contributed by atoms with Gasteiger partial charge in [-0.1, -0.05) is 6.07 Å². The van der Waals surface area contributed by atoms with E-state index in [1.54, 1.807) is 0 Å². The summed E-state index contributed by atoms with van der Waals surface area (Å²) in [4.78, 5) is 12.3. The Hall–Kier alpha value is -1.58. The monoisotopic (exact) mass is 210 g/mol. The van der Waals surface area contributed by atoms with Crippen LogP contribution in [-0.4, -0.2) is 19.1 Å². The molecule has 0 saturated carbocycles. The summed E-state index contributed by atoms with van der Waals surface area (Å²) in [5.41, 5.74) is 0.286. The lowest BCUT2D eigenvalue weighted by Gasteiger charge is -2.21. The number of carbonyl (C=O) groups is 1. The Kier molecular flexibility index (Phi) is 3.66. The summed E-state index contributed by atoms with van der Waals surface area (Å²) in [6.07, 6.45) is 0. The molecule has 1 aromatic rings. The number of carboxylic acids is 1. The fourth-order valence-corrected chi connectivity index (χ4v) is 1.45. The zero-order valence-electron chi connectivity index (χ0n) is 8.79. The molecule has 0 N–H and O–H groups in total. The molecule has 3 nitrogen and oxygen atoms in total. The van der Waals surface area contributed by atoms with Crippen molar-refractivity contribution in [1.82, 2.24) is 0 Å². The Morgan fingerprint density at radius 1 is 1.40 bits per heavy atom. The minimum atomic E-state index is -1.36. The molecule has 1 rings (SSSR count). The van der Waals surface area contributed by atoms with Gasteiger partial charge in [-0.3, -0.25) is 0 Å². The van der Waals surface area contributed by atoms with Gasteiger partial charge in [-0.15, -0.1) is 0 Å². The molecule has 0 aliphatic rings. The highest BCUT2D eigenvalue weighted by atomic mass is 19.1. The van der Waals surface area contributed by atoms with Crippen LogP contribution in [-0.2, 0) is 0 Å². The molecule has 82 valence electrons. The van der Waals surface area contributed by atoms with Crippen molar-refractivity contribution in [2.24, 2.45) is 0 Å². The van der Waals surface area contributed by atoms with Crippen molar-refractivity contribution in [3.63, 3.8) is 0 Å². The average Bonchev–Trinajstić information content (AvgIpc) is 2.21. The number of carbonyl (C=O) groups excluding carboxylic acids is 1. The molecule has 0 aromatic heterocycles. The van der Waals surface area contributed by atoms with Gasteiger partial charge in [-0.05, 0) is 26.0 Å². The third kappa shape index (κ3) is 2.46. The Bertz CT molecular complexity index is 362. The van der Waals surface area contributed by atoms with Crippen LogP contribution in [0.3, 0.4) is 0 Å². The van der Waals surface area contributed by atoms with Crippen molar-refractivity contribution in [3.05, 3.63) is 29.6 Å². The Morgan fingerprint density at radius 2 is 2.00 bits per heavy atom. The van der Waals surface area contributed by atoms with Crippen molar-refractivity contribution in [2.75, 3.05) is 18.0 Å². The van der Waals surface area contributed by atoms with Crippen LogP contribution in [0.25, 0.3) is 0 Å². The summed E-state index contributed by atoms with van der Waals surface area (Å²) in [5, 5.41) is 10.5. The van der Waals surface area contributed by atoms with Gasteiger partial charge >= 0.3 is 0 Å². The second-order valence-corrected chi connectivity index (χ2v) is 3.13. The highest BCUT2D eigenvalue weighted by molar-refractivity contribution is 5.86. The first-order chi connectivity index (χ1) is 7.10. The molecule has 0 unspecified atom stereocenters. The van der Waals surface area contributed by atoms with E-state index < -0.39 is 11.8 Å². The van der Waals surface area contributed by atoms with Crippen LogP contribution in [0.15, 0.2) is 18.2 Å². The minimum Gasteiger partial charge on any atom is -0.545 e. The van der Waals surface area contributed by atoms with Crippen LogP contribution in [0.5, 0.6) is 0 Å². The van der Waals surface area contributed by atoms with E-state index in [0.29, 0.717) is 18.8 Å². The van der Waals surface area contributed by atoms with Gasteiger partial charge in [0.15, 0.2) is 0 Å². The molecule has 0 bridgehead atoms. The molecule has 0 aliphatic carbocycles. The second kappa shape index (κ2) is 4.77. The molecule has 0 radical (unpaired) electrons. The Balaban J connectivity index is 3.07. The zero-order chi connectivity index (χ0) is 11.4. The first-order valence-corrected chi connectivity index (χ1v) is 4.86. The summed E-state index contributed by atoms with van der Waals surface area (Å²) < 4.78 is 13.5. The van der Waals surface area contributed by atoms with Crippen molar-refractivity contribution in [3.8, 4) is 0 Å². The maximum absolute atomic E-state index is 13.5. The first kappa shape index (κ1) is 11.5. The first-order valence-electron chi connectivity index (χ1n) is 4.86. The van der Waals surface area contributed by atoms with Gasteiger partial charge in [0, 0.05) is 18.7 Å². The number of rotatable bonds is 4. The number of aromatic carboxylic acids is 1. The largest absolute Gasteiger partial charge is 0.545 e. The number of hydrogen-bond donors (Lipinski definition) is 0. The van der Waals surface area contributed by atoms with Crippen LogP contribution >= 0.6 is 0 Å². The van der Waals surface area contributed by atoms with Crippen LogP contribution in [0.1, 0.15) is 24.2 Å². The van der Waals surface area contributed by atoms with Crippen LogP contribution in [0.4, 0.5) is 10.1 Å². The molecule has 0 spiro atoms. The maximum Gasteiger partial charge on any atom is 0.147 e. The number of halogens is 1. The predicted molar refractivity (Wildman–Crippen MR) is 54.3 cm³/mol. The van der Waals surface area contributed by atoms with Gasteiger partial charge in [0.2, 0.25) is 0 Å². The normalized spacial score (nSPS) is 10.1. The van der Waals surface area contributed by atoms with E-state index in [1.165, 1.54) is 12.1 Å². The topological polar surface area (TPSA) is 43.4 Å². The van der Waals surface area contributed by atoms with Crippen LogP contribution < -0.4 is 10.0 Å². The number of hydrogen-bond acceptors (Lipinski definition) is 3. The van der Waals surface area contributed by atoms with Gasteiger partial charge in [0.05, 0.1) is 11.7 Å². The highest BCUT2D eigenvalue weighted by Crippen LogP contribution is 2.19.